The Morgan fingerprint density at radius 1 is 1.50 bits per heavy atom. The molecule has 1 aliphatic rings. The van der Waals surface area contributed by atoms with E-state index in [0.29, 0.717) is 10.0 Å². The summed E-state index contributed by atoms with van der Waals surface area (Å²) in [6.07, 6.45) is 3.45. The summed E-state index contributed by atoms with van der Waals surface area (Å²) in [7, 11) is 2.10. The highest BCUT2D eigenvalue weighted by molar-refractivity contribution is 7.16. The van der Waals surface area contributed by atoms with Gasteiger partial charge in [0.25, 0.3) is 5.91 Å². The standard InChI is InChI=1S/C13H16N4OS2/c1-3-11-14-6-9(19-11)12(18)16-13-15-8-4-5-17(2)7-10(8)20-13/h6H,3-5,7H2,1-2H3,(H,15,16,18). The molecule has 20 heavy (non-hydrogen) atoms. The molecule has 1 aliphatic heterocycles. The number of nitrogens with one attached hydrogen (secondary N) is 1. The fraction of sp³-hybridized carbons (Fsp3) is 0.462. The number of nitrogens with zero attached hydrogens (tertiary/aromatic N) is 3. The Labute approximate surface area is 125 Å². The Morgan fingerprint density at radius 3 is 3.10 bits per heavy atom. The van der Waals surface area contributed by atoms with E-state index in [0.717, 1.165) is 36.6 Å². The molecule has 0 bridgehead atoms. The van der Waals surface area contributed by atoms with Crippen molar-refractivity contribution in [2.75, 3.05) is 18.9 Å². The molecule has 2 aromatic rings. The number of carbonyl (C=O) groups excluding carboxylic acids is 1. The van der Waals surface area contributed by atoms with Crippen LogP contribution in [-0.2, 0) is 19.4 Å². The molecule has 3 rings (SSSR count). The van der Waals surface area contributed by atoms with E-state index in [1.54, 1.807) is 17.5 Å². The zero-order chi connectivity index (χ0) is 14.1. The summed E-state index contributed by atoms with van der Waals surface area (Å²) in [6.45, 7) is 3.98. The van der Waals surface area contributed by atoms with E-state index in [4.69, 9.17) is 0 Å². The van der Waals surface area contributed by atoms with Crippen molar-refractivity contribution in [3.05, 3.63) is 26.7 Å². The molecule has 0 saturated heterocycles. The average molecular weight is 308 g/mol. The molecule has 0 unspecified atom stereocenters. The van der Waals surface area contributed by atoms with Crippen LogP contribution in [-0.4, -0.2) is 34.4 Å². The summed E-state index contributed by atoms with van der Waals surface area (Å²) in [4.78, 5) is 25.0. The molecule has 0 aromatic carbocycles. The van der Waals surface area contributed by atoms with Crippen molar-refractivity contribution in [3.8, 4) is 0 Å². The Bertz CT molecular complexity index is 634. The molecule has 0 fully saturated rings. The van der Waals surface area contributed by atoms with Gasteiger partial charge in [0.05, 0.1) is 16.9 Å². The monoisotopic (exact) mass is 308 g/mol. The summed E-state index contributed by atoms with van der Waals surface area (Å²) in [6, 6.07) is 0. The van der Waals surface area contributed by atoms with Gasteiger partial charge in [-0.15, -0.1) is 22.7 Å². The van der Waals surface area contributed by atoms with Crippen molar-refractivity contribution in [2.45, 2.75) is 26.3 Å². The molecule has 0 saturated carbocycles. The van der Waals surface area contributed by atoms with Crippen molar-refractivity contribution in [2.24, 2.45) is 0 Å². The van der Waals surface area contributed by atoms with Crippen LogP contribution in [0.1, 0.15) is 32.2 Å². The number of aryl methyl sites for hydroxylation is 1. The van der Waals surface area contributed by atoms with E-state index in [1.165, 1.54) is 16.2 Å². The SMILES string of the molecule is CCc1ncc(C(=O)Nc2nc3c(s2)CN(C)CC3)s1. The number of hydrogen-bond acceptors (Lipinski definition) is 6. The highest BCUT2D eigenvalue weighted by Gasteiger charge is 2.20. The molecule has 0 spiro atoms. The van der Waals surface area contributed by atoms with Crippen LogP contribution in [0.5, 0.6) is 0 Å². The van der Waals surface area contributed by atoms with Crippen LogP contribution in [0.2, 0.25) is 0 Å². The number of fused-ring (bicyclic) bond motifs is 1. The first-order valence-electron chi connectivity index (χ1n) is 6.59. The molecule has 106 valence electrons. The topological polar surface area (TPSA) is 58.1 Å². The number of aromatic nitrogens is 2. The lowest BCUT2D eigenvalue weighted by atomic mass is 10.2. The van der Waals surface area contributed by atoms with Gasteiger partial charge in [-0.1, -0.05) is 6.92 Å². The minimum Gasteiger partial charge on any atom is -0.301 e. The largest absolute Gasteiger partial charge is 0.301 e. The molecule has 5 nitrogen and oxygen atoms in total. The zero-order valence-corrected chi connectivity index (χ0v) is 13.1. The quantitative estimate of drug-likeness (QED) is 0.946. The van der Waals surface area contributed by atoms with E-state index in [-0.39, 0.29) is 5.91 Å². The van der Waals surface area contributed by atoms with Crippen molar-refractivity contribution in [1.82, 2.24) is 14.9 Å². The molecule has 0 radical (unpaired) electrons. The van der Waals surface area contributed by atoms with Crippen molar-refractivity contribution in [1.29, 1.82) is 0 Å². The number of amides is 1. The summed E-state index contributed by atoms with van der Waals surface area (Å²) in [5.41, 5.74) is 1.13. The van der Waals surface area contributed by atoms with Gasteiger partial charge >= 0.3 is 0 Å². The van der Waals surface area contributed by atoms with Crippen molar-refractivity contribution in [3.63, 3.8) is 0 Å². The molecule has 7 heteroatoms. The van der Waals surface area contributed by atoms with E-state index >= 15 is 0 Å². The van der Waals surface area contributed by atoms with Gasteiger partial charge in [0.2, 0.25) is 0 Å². The Morgan fingerprint density at radius 2 is 2.35 bits per heavy atom. The summed E-state index contributed by atoms with van der Waals surface area (Å²) >= 11 is 3.02. The maximum atomic E-state index is 12.1. The molecular weight excluding hydrogens is 292 g/mol. The third-order valence-corrected chi connectivity index (χ3v) is 5.36. The maximum Gasteiger partial charge on any atom is 0.269 e. The van der Waals surface area contributed by atoms with Gasteiger partial charge in [-0.2, -0.15) is 0 Å². The second-order valence-corrected chi connectivity index (χ2v) is 7.00. The van der Waals surface area contributed by atoms with Crippen LogP contribution in [0.15, 0.2) is 6.20 Å². The first-order valence-corrected chi connectivity index (χ1v) is 8.22. The molecule has 1 N–H and O–H groups in total. The van der Waals surface area contributed by atoms with Crippen LogP contribution >= 0.6 is 22.7 Å². The minimum atomic E-state index is -0.110. The van der Waals surface area contributed by atoms with E-state index < -0.39 is 0 Å². The van der Waals surface area contributed by atoms with E-state index in [2.05, 4.69) is 27.2 Å². The number of likely N-dealkylation sites (N-methyl/N-ethyl adjacent to an activating group) is 1. The van der Waals surface area contributed by atoms with Gasteiger partial charge in [-0.25, -0.2) is 9.97 Å². The van der Waals surface area contributed by atoms with Crippen molar-refractivity contribution >= 4 is 33.7 Å². The zero-order valence-electron chi connectivity index (χ0n) is 11.5. The highest BCUT2D eigenvalue weighted by atomic mass is 32.1. The van der Waals surface area contributed by atoms with Crippen molar-refractivity contribution < 1.29 is 4.79 Å². The predicted molar refractivity (Wildman–Crippen MR) is 81.6 cm³/mol. The number of hydrogen-bond donors (Lipinski definition) is 1. The molecule has 1 amide bonds. The highest BCUT2D eigenvalue weighted by Crippen LogP contribution is 2.28. The third-order valence-electron chi connectivity index (χ3n) is 3.22. The Hall–Kier alpha value is -1.31. The minimum absolute atomic E-state index is 0.110. The summed E-state index contributed by atoms with van der Waals surface area (Å²) < 4.78 is 0. The van der Waals surface area contributed by atoms with Gasteiger partial charge in [-0.3, -0.25) is 10.1 Å². The number of thiazole rings is 2. The van der Waals surface area contributed by atoms with E-state index in [9.17, 15) is 4.79 Å². The maximum absolute atomic E-state index is 12.1. The second kappa shape index (κ2) is 5.59. The molecular formula is C13H16N4OS2. The predicted octanol–water partition coefficient (Wildman–Crippen LogP) is 2.40. The average Bonchev–Trinajstić information content (AvgIpc) is 3.03. The number of rotatable bonds is 3. The number of carbonyl (C=O) groups is 1. The van der Waals surface area contributed by atoms with Crippen LogP contribution < -0.4 is 5.32 Å². The second-order valence-electron chi connectivity index (χ2n) is 4.80. The van der Waals surface area contributed by atoms with Gasteiger partial charge in [-0.05, 0) is 13.5 Å². The summed E-state index contributed by atoms with van der Waals surface area (Å²) in [5.74, 6) is -0.110. The fourth-order valence-corrected chi connectivity index (χ4v) is 3.95. The lowest BCUT2D eigenvalue weighted by molar-refractivity contribution is 0.103. The van der Waals surface area contributed by atoms with Gasteiger partial charge in [0, 0.05) is 24.4 Å². The Balaban J connectivity index is 1.73. The van der Waals surface area contributed by atoms with Crippen LogP contribution in [0.3, 0.4) is 0 Å². The fourth-order valence-electron chi connectivity index (χ4n) is 2.11. The van der Waals surface area contributed by atoms with Gasteiger partial charge in [0.15, 0.2) is 5.13 Å². The third kappa shape index (κ3) is 2.74. The first-order chi connectivity index (χ1) is 9.65. The number of anilines is 1. The smallest absolute Gasteiger partial charge is 0.269 e. The molecule has 0 aliphatic carbocycles. The van der Waals surface area contributed by atoms with Crippen LogP contribution in [0, 0.1) is 0 Å². The lowest BCUT2D eigenvalue weighted by Gasteiger charge is -2.20. The molecule has 3 heterocycles. The van der Waals surface area contributed by atoms with E-state index in [1.807, 2.05) is 6.92 Å². The van der Waals surface area contributed by atoms with Gasteiger partial charge in [0.1, 0.15) is 4.88 Å². The molecule has 2 aromatic heterocycles. The molecule has 0 atom stereocenters. The lowest BCUT2D eigenvalue weighted by Crippen LogP contribution is -2.25. The normalized spacial score (nSPS) is 15.1. The summed E-state index contributed by atoms with van der Waals surface area (Å²) in [5, 5.41) is 4.57. The first kappa shape index (κ1) is 13.7. The van der Waals surface area contributed by atoms with Gasteiger partial charge < -0.3 is 4.90 Å². The van der Waals surface area contributed by atoms with Crippen LogP contribution in [0.4, 0.5) is 5.13 Å². The van der Waals surface area contributed by atoms with Crippen LogP contribution in [0.25, 0.3) is 0 Å². The Kier molecular flexibility index (Phi) is 3.82.